The molecule has 0 fully saturated rings. The van der Waals surface area contributed by atoms with Gasteiger partial charge in [0.2, 0.25) is 0 Å². The highest BCUT2D eigenvalue weighted by molar-refractivity contribution is 7.95. The Kier molecular flexibility index (Phi) is 4.32. The molecule has 2 aromatic carbocycles. The largest absolute Gasteiger partial charge is 0.399 e. The normalized spacial score (nSPS) is 11.7. The number of sulfonamides is 1. The molecule has 0 aliphatic heterocycles. The first-order chi connectivity index (χ1) is 9.46. The molecular weight excluding hydrogens is 296 g/mol. The summed E-state index contributed by atoms with van der Waals surface area (Å²) < 4.78 is 26.2. The van der Waals surface area contributed by atoms with Crippen LogP contribution in [0, 0.1) is 0 Å². The first-order valence-corrected chi connectivity index (χ1v) is 7.70. The molecule has 6 heteroatoms. The minimum absolute atomic E-state index is 0.254. The Bertz CT molecular complexity index is 728. The fourth-order valence-electron chi connectivity index (χ4n) is 1.54. The molecule has 0 atom stereocenters. The molecule has 0 saturated heterocycles. The van der Waals surface area contributed by atoms with Crippen LogP contribution in [0.4, 0.5) is 11.4 Å². The Morgan fingerprint density at radius 2 is 1.80 bits per heavy atom. The van der Waals surface area contributed by atoms with Gasteiger partial charge in [-0.05, 0) is 29.8 Å². The van der Waals surface area contributed by atoms with Crippen molar-refractivity contribution < 1.29 is 8.42 Å². The lowest BCUT2D eigenvalue weighted by Crippen LogP contribution is -2.09. The Morgan fingerprint density at radius 3 is 2.50 bits per heavy atom. The average Bonchev–Trinajstić information content (AvgIpc) is 2.42. The third-order valence-corrected chi connectivity index (χ3v) is 3.81. The Hall–Kier alpha value is -1.98. The van der Waals surface area contributed by atoms with Crippen molar-refractivity contribution in [2.24, 2.45) is 0 Å². The molecule has 0 spiro atoms. The van der Waals surface area contributed by atoms with E-state index in [1.165, 1.54) is 18.2 Å². The van der Waals surface area contributed by atoms with Crippen LogP contribution in [-0.2, 0) is 10.0 Å². The molecule has 0 aliphatic rings. The van der Waals surface area contributed by atoms with Crippen molar-refractivity contribution in [1.82, 2.24) is 0 Å². The lowest BCUT2D eigenvalue weighted by atomic mass is 10.2. The summed E-state index contributed by atoms with van der Waals surface area (Å²) >= 11 is 5.91. The van der Waals surface area contributed by atoms with E-state index in [2.05, 4.69) is 4.72 Å². The number of nitrogens with one attached hydrogen (secondary N) is 1. The number of benzene rings is 2. The summed E-state index contributed by atoms with van der Waals surface area (Å²) in [5.41, 5.74) is 7.07. The molecule has 2 aromatic rings. The van der Waals surface area contributed by atoms with Crippen molar-refractivity contribution >= 4 is 39.1 Å². The van der Waals surface area contributed by atoms with Crippen LogP contribution < -0.4 is 10.5 Å². The Morgan fingerprint density at radius 1 is 1.10 bits per heavy atom. The third-order valence-electron chi connectivity index (χ3n) is 2.48. The van der Waals surface area contributed by atoms with Crippen molar-refractivity contribution in [3.63, 3.8) is 0 Å². The highest BCUT2D eigenvalue weighted by Crippen LogP contribution is 2.25. The number of halogens is 1. The standard InChI is InChI=1S/C14H13ClN2O2S/c15-13-7-6-12(16)10-14(13)17-20(18,19)9-8-11-4-2-1-3-5-11/h1-10,17H,16H2/b9-8+. The zero-order valence-corrected chi connectivity index (χ0v) is 12.0. The second-order valence-electron chi connectivity index (χ2n) is 4.10. The van der Waals surface area contributed by atoms with Gasteiger partial charge in [0.25, 0.3) is 10.0 Å². The van der Waals surface area contributed by atoms with Crippen molar-refractivity contribution in [3.05, 3.63) is 64.5 Å². The van der Waals surface area contributed by atoms with Gasteiger partial charge in [0.05, 0.1) is 16.1 Å². The van der Waals surface area contributed by atoms with Gasteiger partial charge in [-0.25, -0.2) is 8.42 Å². The molecule has 0 aliphatic carbocycles. The second-order valence-corrected chi connectivity index (χ2v) is 6.07. The quantitative estimate of drug-likeness (QED) is 0.851. The monoisotopic (exact) mass is 308 g/mol. The maximum Gasteiger partial charge on any atom is 0.255 e. The molecule has 0 saturated carbocycles. The molecule has 0 aromatic heterocycles. The number of anilines is 2. The molecule has 2 rings (SSSR count). The minimum atomic E-state index is -3.64. The van der Waals surface area contributed by atoms with E-state index in [-0.39, 0.29) is 10.7 Å². The van der Waals surface area contributed by atoms with Gasteiger partial charge in [0.1, 0.15) is 0 Å². The van der Waals surface area contributed by atoms with Crippen molar-refractivity contribution in [2.45, 2.75) is 0 Å². The van der Waals surface area contributed by atoms with E-state index in [9.17, 15) is 8.42 Å². The topological polar surface area (TPSA) is 72.2 Å². The highest BCUT2D eigenvalue weighted by atomic mass is 35.5. The van der Waals surface area contributed by atoms with Gasteiger partial charge in [-0.1, -0.05) is 41.9 Å². The van der Waals surface area contributed by atoms with E-state index < -0.39 is 10.0 Å². The third kappa shape index (κ3) is 4.01. The summed E-state index contributed by atoms with van der Waals surface area (Å²) in [4.78, 5) is 0. The fourth-order valence-corrected chi connectivity index (χ4v) is 2.64. The predicted molar refractivity (Wildman–Crippen MR) is 83.9 cm³/mol. The van der Waals surface area contributed by atoms with Crippen LogP contribution in [0.1, 0.15) is 5.56 Å². The lowest BCUT2D eigenvalue weighted by molar-refractivity contribution is 0.609. The SMILES string of the molecule is Nc1ccc(Cl)c(NS(=O)(=O)/C=C/c2ccccc2)c1. The number of nitrogen functional groups attached to an aromatic ring is 1. The molecular formula is C14H13ClN2O2S. The van der Waals surface area contributed by atoms with E-state index >= 15 is 0 Å². The number of hydrogen-bond donors (Lipinski definition) is 2. The molecule has 0 bridgehead atoms. The Balaban J connectivity index is 2.19. The van der Waals surface area contributed by atoms with Gasteiger partial charge in [-0.2, -0.15) is 0 Å². The van der Waals surface area contributed by atoms with E-state index in [1.54, 1.807) is 18.2 Å². The van der Waals surface area contributed by atoms with Crippen LogP contribution in [0.5, 0.6) is 0 Å². The summed E-state index contributed by atoms with van der Waals surface area (Å²) in [5, 5.41) is 1.37. The van der Waals surface area contributed by atoms with E-state index in [0.29, 0.717) is 5.69 Å². The van der Waals surface area contributed by atoms with E-state index in [1.807, 2.05) is 18.2 Å². The predicted octanol–water partition coefficient (Wildman–Crippen LogP) is 3.33. The van der Waals surface area contributed by atoms with E-state index in [0.717, 1.165) is 11.0 Å². The fraction of sp³-hybridized carbons (Fsp3) is 0. The maximum atomic E-state index is 11.9. The van der Waals surface area contributed by atoms with Gasteiger partial charge < -0.3 is 5.73 Å². The smallest absolute Gasteiger partial charge is 0.255 e. The molecule has 20 heavy (non-hydrogen) atoms. The number of hydrogen-bond acceptors (Lipinski definition) is 3. The van der Waals surface area contributed by atoms with Gasteiger partial charge in [-0.15, -0.1) is 0 Å². The Labute approximate surface area is 122 Å². The summed E-state index contributed by atoms with van der Waals surface area (Å²) in [6.45, 7) is 0. The molecule has 4 nitrogen and oxygen atoms in total. The molecule has 0 amide bonds. The van der Waals surface area contributed by atoms with Gasteiger partial charge >= 0.3 is 0 Å². The van der Waals surface area contributed by atoms with Crippen molar-refractivity contribution in [1.29, 1.82) is 0 Å². The molecule has 0 radical (unpaired) electrons. The van der Waals surface area contributed by atoms with Crippen LogP contribution in [0.15, 0.2) is 53.9 Å². The average molecular weight is 309 g/mol. The number of rotatable bonds is 4. The van der Waals surface area contributed by atoms with Crippen LogP contribution in [0.2, 0.25) is 5.02 Å². The summed E-state index contributed by atoms with van der Waals surface area (Å²) in [6.07, 6.45) is 1.50. The number of nitrogens with two attached hydrogens (primary N) is 1. The second kappa shape index (κ2) is 5.98. The summed E-state index contributed by atoms with van der Waals surface area (Å²) in [5.74, 6) is 0. The highest BCUT2D eigenvalue weighted by Gasteiger charge is 2.09. The van der Waals surface area contributed by atoms with Crippen molar-refractivity contribution in [3.8, 4) is 0 Å². The van der Waals surface area contributed by atoms with Crippen LogP contribution in [0.3, 0.4) is 0 Å². The van der Waals surface area contributed by atoms with Gasteiger partial charge in [0.15, 0.2) is 0 Å². The van der Waals surface area contributed by atoms with Crippen LogP contribution in [0.25, 0.3) is 6.08 Å². The van der Waals surface area contributed by atoms with Crippen molar-refractivity contribution in [2.75, 3.05) is 10.5 Å². The first-order valence-electron chi connectivity index (χ1n) is 5.77. The van der Waals surface area contributed by atoms with Crippen LogP contribution >= 0.6 is 11.6 Å². The molecule has 0 unspecified atom stereocenters. The summed E-state index contributed by atoms with van der Waals surface area (Å²) in [6, 6.07) is 13.7. The van der Waals surface area contributed by atoms with Gasteiger partial charge in [-0.3, -0.25) is 4.72 Å². The minimum Gasteiger partial charge on any atom is -0.399 e. The van der Waals surface area contributed by atoms with E-state index in [4.69, 9.17) is 17.3 Å². The maximum absolute atomic E-state index is 11.9. The zero-order valence-electron chi connectivity index (χ0n) is 10.5. The van der Waals surface area contributed by atoms with Crippen LogP contribution in [-0.4, -0.2) is 8.42 Å². The van der Waals surface area contributed by atoms with Gasteiger partial charge in [0, 0.05) is 5.69 Å². The zero-order chi connectivity index (χ0) is 14.6. The molecule has 104 valence electrons. The summed E-state index contributed by atoms with van der Waals surface area (Å²) in [7, 11) is -3.64. The first kappa shape index (κ1) is 14.4. The molecule has 0 heterocycles. The molecule has 3 N–H and O–H groups in total. The lowest BCUT2D eigenvalue weighted by Gasteiger charge is -2.07.